The molecule has 2 N–H and O–H groups in total. The fourth-order valence-electron chi connectivity index (χ4n) is 1.36. The van der Waals surface area contributed by atoms with Crippen molar-refractivity contribution < 1.29 is 9.90 Å². The van der Waals surface area contributed by atoms with Gasteiger partial charge in [0.1, 0.15) is 6.20 Å². The van der Waals surface area contributed by atoms with Gasteiger partial charge in [0.25, 0.3) is 11.5 Å². The van der Waals surface area contributed by atoms with Crippen LogP contribution in [0.5, 0.6) is 0 Å². The minimum absolute atomic E-state index is 0.0989. The van der Waals surface area contributed by atoms with Crippen LogP contribution in [0.3, 0.4) is 0 Å². The lowest BCUT2D eigenvalue weighted by atomic mass is 10.3. The van der Waals surface area contributed by atoms with Gasteiger partial charge in [0.2, 0.25) is 0 Å². The van der Waals surface area contributed by atoms with Crippen LogP contribution in [0, 0.1) is 0 Å². The summed E-state index contributed by atoms with van der Waals surface area (Å²) in [5.41, 5.74) is 0.0938. The predicted molar refractivity (Wildman–Crippen MR) is 56.1 cm³/mol. The topological polar surface area (TPSA) is 114 Å². The van der Waals surface area contributed by atoms with E-state index in [1.807, 2.05) is 6.92 Å². The van der Waals surface area contributed by atoms with Crippen molar-refractivity contribution in [2.75, 3.05) is 0 Å². The molecule has 0 amide bonds. The minimum Gasteiger partial charge on any atom is -0.476 e. The summed E-state index contributed by atoms with van der Waals surface area (Å²) in [4.78, 5) is 24.3. The number of carboxylic acids is 1. The molecule has 2 heterocycles. The van der Waals surface area contributed by atoms with Crippen molar-refractivity contribution in [2.45, 2.75) is 13.3 Å². The molecule has 8 nitrogen and oxygen atoms in total. The van der Waals surface area contributed by atoms with Crippen LogP contribution >= 0.6 is 0 Å². The molecule has 0 spiro atoms. The third-order valence-electron chi connectivity index (χ3n) is 2.13. The summed E-state index contributed by atoms with van der Waals surface area (Å²) in [7, 11) is 0. The van der Waals surface area contributed by atoms with E-state index in [-0.39, 0.29) is 11.6 Å². The Balaban J connectivity index is 2.58. The van der Waals surface area contributed by atoms with Gasteiger partial charge >= 0.3 is 5.97 Å². The second-order valence-corrected chi connectivity index (χ2v) is 3.25. The Morgan fingerprint density at radius 3 is 2.94 bits per heavy atom. The van der Waals surface area contributed by atoms with Crippen LogP contribution in [0.4, 0.5) is 0 Å². The van der Waals surface area contributed by atoms with E-state index >= 15 is 0 Å². The molecule has 0 bridgehead atoms. The molecule has 0 atom stereocenters. The summed E-state index contributed by atoms with van der Waals surface area (Å²) in [5, 5.41) is 19.9. The number of aryl methyl sites for hydroxylation is 1. The van der Waals surface area contributed by atoms with Crippen molar-refractivity contribution in [1.29, 1.82) is 0 Å². The lowest BCUT2D eigenvalue weighted by Crippen LogP contribution is -2.15. The zero-order chi connectivity index (χ0) is 12.4. The van der Waals surface area contributed by atoms with Gasteiger partial charge in [-0.3, -0.25) is 9.78 Å². The number of nitrogens with one attached hydrogen (secondary N) is 1. The van der Waals surface area contributed by atoms with Crippen LogP contribution in [-0.2, 0) is 6.42 Å². The monoisotopic (exact) mass is 235 g/mol. The molecule has 0 aliphatic rings. The van der Waals surface area contributed by atoms with Gasteiger partial charge in [-0.25, -0.2) is 9.48 Å². The number of nitrogens with zero attached hydrogens (tertiary/aromatic N) is 4. The third kappa shape index (κ3) is 2.05. The van der Waals surface area contributed by atoms with Gasteiger partial charge in [-0.15, -0.1) is 10.2 Å². The highest BCUT2D eigenvalue weighted by atomic mass is 16.4. The van der Waals surface area contributed by atoms with Gasteiger partial charge in [-0.05, 0) is 12.5 Å². The molecule has 0 unspecified atom stereocenters. The molecule has 0 radical (unpaired) electrons. The zero-order valence-electron chi connectivity index (χ0n) is 8.91. The molecular weight excluding hydrogens is 226 g/mol. The van der Waals surface area contributed by atoms with E-state index in [1.54, 1.807) is 0 Å². The Hall–Kier alpha value is -2.51. The van der Waals surface area contributed by atoms with Gasteiger partial charge in [-0.2, -0.15) is 5.10 Å². The number of aromatic amines is 1. The zero-order valence-corrected chi connectivity index (χ0v) is 8.91. The maximum absolute atomic E-state index is 11.1. The molecule has 0 fully saturated rings. The van der Waals surface area contributed by atoms with E-state index < -0.39 is 11.5 Å². The fourth-order valence-corrected chi connectivity index (χ4v) is 1.36. The van der Waals surface area contributed by atoms with E-state index in [2.05, 4.69) is 20.3 Å². The lowest BCUT2D eigenvalue weighted by Gasteiger charge is -2.01. The van der Waals surface area contributed by atoms with Gasteiger partial charge in [0.05, 0.1) is 0 Å². The fraction of sp³-hybridized carbons (Fsp3) is 0.222. The summed E-state index contributed by atoms with van der Waals surface area (Å²) in [6.07, 6.45) is 1.58. The van der Waals surface area contributed by atoms with E-state index in [4.69, 9.17) is 5.11 Å². The number of hydrogen-bond donors (Lipinski definition) is 2. The van der Waals surface area contributed by atoms with Gasteiger partial charge < -0.3 is 5.11 Å². The Morgan fingerprint density at radius 1 is 1.59 bits per heavy atom. The first-order chi connectivity index (χ1) is 8.11. The quantitative estimate of drug-likeness (QED) is 0.748. The van der Waals surface area contributed by atoms with Crippen molar-refractivity contribution >= 4 is 5.97 Å². The SMILES string of the molecule is CCc1cc(C(=O)O)nn1-c1nncc(=O)[nH]1. The molecular formula is C9H9N5O3. The Kier molecular flexibility index (Phi) is 2.69. The molecule has 8 heteroatoms. The molecule has 88 valence electrons. The van der Waals surface area contributed by atoms with Crippen LogP contribution in [0.1, 0.15) is 23.1 Å². The number of carboxylic acid groups (broad SMARTS) is 1. The second kappa shape index (κ2) is 4.16. The van der Waals surface area contributed by atoms with Gasteiger partial charge in [0.15, 0.2) is 5.69 Å². The molecule has 0 saturated carbocycles. The molecule has 17 heavy (non-hydrogen) atoms. The number of H-pyrrole nitrogens is 1. The van der Waals surface area contributed by atoms with E-state index in [1.165, 1.54) is 10.7 Å². The predicted octanol–water partition coefficient (Wildman–Crippen LogP) is -0.389. The van der Waals surface area contributed by atoms with Crippen LogP contribution < -0.4 is 5.56 Å². The standard InChI is InChI=1S/C9H9N5O3/c1-2-5-3-6(8(16)17)13-14(5)9-11-7(15)4-10-12-9/h3-4H,2H2,1H3,(H,16,17)(H,11,12,15). The van der Waals surface area contributed by atoms with Gasteiger partial charge in [0, 0.05) is 5.69 Å². The van der Waals surface area contributed by atoms with Gasteiger partial charge in [-0.1, -0.05) is 6.92 Å². The maximum atomic E-state index is 11.1. The Labute approximate surface area is 94.9 Å². The molecule has 2 aromatic heterocycles. The van der Waals surface area contributed by atoms with Crippen molar-refractivity contribution in [3.63, 3.8) is 0 Å². The molecule has 0 aliphatic carbocycles. The van der Waals surface area contributed by atoms with Crippen molar-refractivity contribution in [1.82, 2.24) is 25.0 Å². The summed E-state index contributed by atoms with van der Waals surface area (Å²) < 4.78 is 1.26. The van der Waals surface area contributed by atoms with Crippen LogP contribution in [0.15, 0.2) is 17.1 Å². The maximum Gasteiger partial charge on any atom is 0.356 e. The number of hydrogen-bond acceptors (Lipinski definition) is 5. The number of aromatic nitrogens is 5. The number of carbonyl (C=O) groups is 1. The van der Waals surface area contributed by atoms with Crippen LogP contribution in [-0.4, -0.2) is 36.0 Å². The van der Waals surface area contributed by atoms with Crippen molar-refractivity contribution in [3.8, 4) is 5.95 Å². The third-order valence-corrected chi connectivity index (χ3v) is 2.13. The Bertz CT molecular complexity index is 615. The average molecular weight is 235 g/mol. The number of aromatic carboxylic acids is 1. The largest absolute Gasteiger partial charge is 0.476 e. The average Bonchev–Trinajstić information content (AvgIpc) is 2.73. The second-order valence-electron chi connectivity index (χ2n) is 3.25. The van der Waals surface area contributed by atoms with E-state index in [0.29, 0.717) is 12.1 Å². The van der Waals surface area contributed by atoms with E-state index in [9.17, 15) is 9.59 Å². The Morgan fingerprint density at radius 2 is 2.35 bits per heavy atom. The van der Waals surface area contributed by atoms with Crippen molar-refractivity contribution in [2.24, 2.45) is 0 Å². The highest BCUT2D eigenvalue weighted by Crippen LogP contribution is 2.08. The van der Waals surface area contributed by atoms with Crippen LogP contribution in [0.2, 0.25) is 0 Å². The summed E-state index contributed by atoms with van der Waals surface area (Å²) in [6.45, 7) is 1.84. The first-order valence-electron chi connectivity index (χ1n) is 4.86. The van der Waals surface area contributed by atoms with Crippen LogP contribution in [0.25, 0.3) is 5.95 Å². The summed E-state index contributed by atoms with van der Waals surface area (Å²) in [6, 6.07) is 1.43. The first-order valence-corrected chi connectivity index (χ1v) is 4.86. The summed E-state index contributed by atoms with van der Waals surface area (Å²) in [5.74, 6) is -1.04. The van der Waals surface area contributed by atoms with Crippen molar-refractivity contribution in [3.05, 3.63) is 34.0 Å². The smallest absolute Gasteiger partial charge is 0.356 e. The molecule has 2 rings (SSSR count). The minimum atomic E-state index is -1.13. The molecule has 0 saturated heterocycles. The molecule has 0 aromatic carbocycles. The number of rotatable bonds is 3. The lowest BCUT2D eigenvalue weighted by molar-refractivity contribution is 0.0690. The van der Waals surface area contributed by atoms with E-state index in [0.717, 1.165) is 6.20 Å². The highest BCUT2D eigenvalue weighted by molar-refractivity contribution is 5.85. The summed E-state index contributed by atoms with van der Waals surface area (Å²) >= 11 is 0. The highest BCUT2D eigenvalue weighted by Gasteiger charge is 2.14. The molecule has 0 aliphatic heterocycles. The normalized spacial score (nSPS) is 10.4. The molecule has 2 aromatic rings. The first kappa shape index (κ1) is 11.0.